The van der Waals surface area contributed by atoms with Gasteiger partial charge in [0.2, 0.25) is 0 Å². The van der Waals surface area contributed by atoms with Crippen molar-refractivity contribution in [2.75, 3.05) is 37.5 Å². The zero-order valence-electron chi connectivity index (χ0n) is 11.6. The molecule has 0 radical (unpaired) electrons. The number of rotatable bonds is 4. The molecule has 0 amide bonds. The summed E-state index contributed by atoms with van der Waals surface area (Å²) >= 11 is 0. The lowest BCUT2D eigenvalue weighted by molar-refractivity contribution is 0.121. The fraction of sp³-hybridized carbons (Fsp3) is 0.692. The fourth-order valence-corrected chi connectivity index (χ4v) is 2.13. The van der Waals surface area contributed by atoms with Gasteiger partial charge in [-0.25, -0.2) is 9.97 Å². The maximum absolute atomic E-state index is 5.40. The van der Waals surface area contributed by atoms with Crippen LogP contribution in [0.2, 0.25) is 0 Å². The average Bonchev–Trinajstić information content (AvgIpc) is 2.86. The maximum atomic E-state index is 5.40. The Morgan fingerprint density at radius 1 is 1.44 bits per heavy atom. The van der Waals surface area contributed by atoms with Crippen LogP contribution in [0, 0.1) is 0 Å². The van der Waals surface area contributed by atoms with Crippen LogP contribution in [0.1, 0.15) is 32.0 Å². The second-order valence-corrected chi connectivity index (χ2v) is 4.97. The number of aromatic nitrogens is 2. The summed E-state index contributed by atoms with van der Waals surface area (Å²) in [6.45, 7) is 6.13. The molecule has 1 aliphatic heterocycles. The summed E-state index contributed by atoms with van der Waals surface area (Å²) in [6, 6.07) is 2.00. The third kappa shape index (κ3) is 2.72. The molecule has 1 unspecified atom stereocenters. The zero-order valence-corrected chi connectivity index (χ0v) is 11.6. The molecule has 0 bridgehead atoms. The van der Waals surface area contributed by atoms with Gasteiger partial charge in [0.05, 0.1) is 6.10 Å². The molecule has 1 aliphatic rings. The summed E-state index contributed by atoms with van der Waals surface area (Å²) in [5.41, 5.74) is 0. The number of hydrogen-bond acceptors (Lipinski definition) is 5. The predicted octanol–water partition coefficient (Wildman–Crippen LogP) is 1.87. The van der Waals surface area contributed by atoms with Gasteiger partial charge < -0.3 is 15.0 Å². The lowest BCUT2D eigenvalue weighted by Gasteiger charge is -2.19. The molecular formula is C13H22N4O. The monoisotopic (exact) mass is 250 g/mol. The van der Waals surface area contributed by atoms with Gasteiger partial charge in [0.15, 0.2) is 0 Å². The van der Waals surface area contributed by atoms with Crippen LogP contribution >= 0.6 is 0 Å². The van der Waals surface area contributed by atoms with Crippen LogP contribution in [0.3, 0.4) is 0 Å². The van der Waals surface area contributed by atoms with Crippen molar-refractivity contribution in [2.24, 2.45) is 0 Å². The van der Waals surface area contributed by atoms with Gasteiger partial charge in [0.1, 0.15) is 17.5 Å². The highest BCUT2D eigenvalue weighted by atomic mass is 16.5. The number of ether oxygens (including phenoxy) is 1. The maximum Gasteiger partial charge on any atom is 0.135 e. The summed E-state index contributed by atoms with van der Waals surface area (Å²) in [7, 11) is 3.66. The Hall–Kier alpha value is -1.36. The van der Waals surface area contributed by atoms with E-state index in [-0.39, 0.29) is 0 Å². The van der Waals surface area contributed by atoms with E-state index in [0.29, 0.717) is 12.0 Å². The van der Waals surface area contributed by atoms with E-state index in [1.165, 1.54) is 0 Å². The Bertz CT molecular complexity index is 408. The van der Waals surface area contributed by atoms with Crippen LogP contribution in [0.25, 0.3) is 0 Å². The molecule has 1 atom stereocenters. The summed E-state index contributed by atoms with van der Waals surface area (Å²) in [6.07, 6.45) is 1.38. The van der Waals surface area contributed by atoms with Gasteiger partial charge in [-0.05, 0) is 6.42 Å². The molecule has 0 aromatic carbocycles. The van der Waals surface area contributed by atoms with Gasteiger partial charge in [-0.1, -0.05) is 13.8 Å². The number of methoxy groups -OCH3 is 1. The van der Waals surface area contributed by atoms with Crippen molar-refractivity contribution in [3.05, 3.63) is 11.9 Å². The summed E-state index contributed by atoms with van der Waals surface area (Å²) < 4.78 is 5.40. The lowest BCUT2D eigenvalue weighted by atomic mass is 10.2. The SMILES string of the molecule is CNc1cc(N2CCC(OC)C2)nc(C(C)C)n1. The van der Waals surface area contributed by atoms with E-state index in [4.69, 9.17) is 4.74 Å². The highest BCUT2D eigenvalue weighted by molar-refractivity contribution is 5.50. The second-order valence-electron chi connectivity index (χ2n) is 4.97. The van der Waals surface area contributed by atoms with Crippen molar-refractivity contribution in [2.45, 2.75) is 32.3 Å². The van der Waals surface area contributed by atoms with E-state index >= 15 is 0 Å². The van der Waals surface area contributed by atoms with Crippen molar-refractivity contribution in [1.29, 1.82) is 0 Å². The second kappa shape index (κ2) is 5.52. The van der Waals surface area contributed by atoms with Crippen molar-refractivity contribution in [3.8, 4) is 0 Å². The molecule has 18 heavy (non-hydrogen) atoms. The van der Waals surface area contributed by atoms with Crippen LogP contribution in [-0.4, -0.2) is 43.3 Å². The van der Waals surface area contributed by atoms with Crippen molar-refractivity contribution in [1.82, 2.24) is 9.97 Å². The van der Waals surface area contributed by atoms with Crippen molar-refractivity contribution >= 4 is 11.6 Å². The van der Waals surface area contributed by atoms with E-state index in [1.807, 2.05) is 13.1 Å². The first-order valence-electron chi connectivity index (χ1n) is 6.48. The summed E-state index contributed by atoms with van der Waals surface area (Å²) in [4.78, 5) is 11.4. The normalized spacial score (nSPS) is 19.6. The fourth-order valence-electron chi connectivity index (χ4n) is 2.13. The molecule has 100 valence electrons. The van der Waals surface area contributed by atoms with Crippen LogP contribution in [-0.2, 0) is 4.74 Å². The minimum atomic E-state index is 0.320. The average molecular weight is 250 g/mol. The smallest absolute Gasteiger partial charge is 0.135 e. The molecule has 0 aliphatic carbocycles. The van der Waals surface area contributed by atoms with Gasteiger partial charge in [-0.3, -0.25) is 0 Å². The predicted molar refractivity (Wildman–Crippen MR) is 73.3 cm³/mol. The molecule has 1 fully saturated rings. The third-order valence-corrected chi connectivity index (χ3v) is 3.30. The Labute approximate surface area is 109 Å². The highest BCUT2D eigenvalue weighted by Crippen LogP contribution is 2.23. The van der Waals surface area contributed by atoms with Gasteiger partial charge in [-0.15, -0.1) is 0 Å². The Balaban J connectivity index is 2.24. The molecule has 0 spiro atoms. The molecule has 1 aromatic heterocycles. The van der Waals surface area contributed by atoms with E-state index in [0.717, 1.165) is 37.0 Å². The van der Waals surface area contributed by atoms with Crippen molar-refractivity contribution in [3.63, 3.8) is 0 Å². The number of hydrogen-bond donors (Lipinski definition) is 1. The molecule has 1 saturated heterocycles. The highest BCUT2D eigenvalue weighted by Gasteiger charge is 2.24. The van der Waals surface area contributed by atoms with E-state index < -0.39 is 0 Å². The number of nitrogens with one attached hydrogen (secondary N) is 1. The lowest BCUT2D eigenvalue weighted by Crippen LogP contribution is -2.24. The molecule has 5 heteroatoms. The van der Waals surface area contributed by atoms with Crippen LogP contribution in [0.15, 0.2) is 6.07 Å². The molecule has 5 nitrogen and oxygen atoms in total. The Kier molecular flexibility index (Phi) is 4.01. The molecule has 1 N–H and O–H groups in total. The van der Waals surface area contributed by atoms with Gasteiger partial charge in [0, 0.05) is 39.2 Å². The summed E-state index contributed by atoms with van der Waals surface area (Å²) in [5.74, 6) is 3.10. The van der Waals surface area contributed by atoms with Gasteiger partial charge in [-0.2, -0.15) is 0 Å². The molecule has 2 heterocycles. The van der Waals surface area contributed by atoms with Gasteiger partial charge in [0.25, 0.3) is 0 Å². The molecular weight excluding hydrogens is 228 g/mol. The Morgan fingerprint density at radius 2 is 2.22 bits per heavy atom. The topological polar surface area (TPSA) is 50.3 Å². The Morgan fingerprint density at radius 3 is 2.78 bits per heavy atom. The van der Waals surface area contributed by atoms with Crippen molar-refractivity contribution < 1.29 is 4.74 Å². The van der Waals surface area contributed by atoms with Crippen LogP contribution < -0.4 is 10.2 Å². The largest absolute Gasteiger partial charge is 0.380 e. The minimum absolute atomic E-state index is 0.320. The number of nitrogens with zero attached hydrogens (tertiary/aromatic N) is 3. The van der Waals surface area contributed by atoms with E-state index in [9.17, 15) is 0 Å². The minimum Gasteiger partial charge on any atom is -0.380 e. The number of anilines is 2. The molecule has 1 aromatic rings. The third-order valence-electron chi connectivity index (χ3n) is 3.30. The van der Waals surface area contributed by atoms with Gasteiger partial charge >= 0.3 is 0 Å². The molecule has 0 saturated carbocycles. The molecule has 2 rings (SSSR count). The first-order chi connectivity index (χ1) is 8.63. The van der Waals surface area contributed by atoms with Crippen LogP contribution in [0.5, 0.6) is 0 Å². The summed E-state index contributed by atoms with van der Waals surface area (Å²) in [5, 5.41) is 3.10. The first kappa shape index (κ1) is 13.1. The van der Waals surface area contributed by atoms with E-state index in [2.05, 4.69) is 34.0 Å². The quantitative estimate of drug-likeness (QED) is 0.884. The zero-order chi connectivity index (χ0) is 13.1. The standard InChI is InChI=1S/C13H22N4O/c1-9(2)13-15-11(14-3)7-12(16-13)17-6-5-10(8-17)18-4/h7,9-10H,5-6,8H2,1-4H3,(H,14,15,16). The first-order valence-corrected chi connectivity index (χ1v) is 6.48. The van der Waals surface area contributed by atoms with Crippen LogP contribution in [0.4, 0.5) is 11.6 Å². The van der Waals surface area contributed by atoms with E-state index in [1.54, 1.807) is 7.11 Å².